The van der Waals surface area contributed by atoms with E-state index in [2.05, 4.69) is 10.4 Å². The van der Waals surface area contributed by atoms with Crippen molar-refractivity contribution in [2.75, 3.05) is 13.2 Å². The van der Waals surface area contributed by atoms with Crippen LogP contribution in [0.25, 0.3) is 5.69 Å². The molecule has 2 fully saturated rings. The highest BCUT2D eigenvalue weighted by molar-refractivity contribution is 5.92. The number of hydrogen-bond acceptors (Lipinski definition) is 4. The van der Waals surface area contributed by atoms with E-state index in [0.29, 0.717) is 25.3 Å². The summed E-state index contributed by atoms with van der Waals surface area (Å²) in [5.41, 5.74) is 1.32. The first-order chi connectivity index (χ1) is 12.5. The second-order valence-electron chi connectivity index (χ2n) is 7.19. The molecule has 0 bridgehead atoms. The van der Waals surface area contributed by atoms with Gasteiger partial charge in [-0.2, -0.15) is 5.10 Å². The lowest BCUT2D eigenvalue weighted by Crippen LogP contribution is -2.65. The zero-order chi connectivity index (χ0) is 18.3. The number of carbonyl (C=O) groups is 1. The second kappa shape index (κ2) is 6.48. The van der Waals surface area contributed by atoms with Gasteiger partial charge in [0.15, 0.2) is 5.69 Å². The van der Waals surface area contributed by atoms with E-state index in [1.54, 1.807) is 22.9 Å². The van der Waals surface area contributed by atoms with E-state index in [1.807, 2.05) is 6.92 Å². The number of halogens is 1. The number of aryl methyl sites for hydroxylation is 1. The van der Waals surface area contributed by atoms with E-state index in [4.69, 9.17) is 4.74 Å². The number of aliphatic hydroxyl groups is 1. The van der Waals surface area contributed by atoms with Gasteiger partial charge in [-0.15, -0.1) is 0 Å². The standard InChI is InChI=1S/C19H22FN3O3/c1-12-9-15(22-23(12)14-4-2-3-13(20)10-14)18(25)21-16-11-17(24)19(16)5-7-26-8-6-19/h2-4,9-10,16-17,24H,5-8,11H2,1H3,(H,21,25)/t16-,17-/m1/s1. The fourth-order valence-electron chi connectivity index (χ4n) is 4.09. The highest BCUT2D eigenvalue weighted by atomic mass is 19.1. The predicted octanol–water partition coefficient (Wildman–Crippen LogP) is 1.98. The average molecular weight is 359 g/mol. The van der Waals surface area contributed by atoms with Crippen LogP contribution in [0.3, 0.4) is 0 Å². The van der Waals surface area contributed by atoms with E-state index < -0.39 is 6.10 Å². The summed E-state index contributed by atoms with van der Waals surface area (Å²) in [5.74, 6) is -0.626. The summed E-state index contributed by atoms with van der Waals surface area (Å²) < 4.78 is 20.4. The van der Waals surface area contributed by atoms with E-state index in [9.17, 15) is 14.3 Å². The van der Waals surface area contributed by atoms with E-state index in [0.717, 1.165) is 18.5 Å². The predicted molar refractivity (Wildman–Crippen MR) is 92.6 cm³/mol. The Labute approximate surface area is 151 Å². The second-order valence-corrected chi connectivity index (χ2v) is 7.19. The van der Waals surface area contributed by atoms with Crippen molar-refractivity contribution in [2.24, 2.45) is 5.41 Å². The quantitative estimate of drug-likeness (QED) is 0.879. The number of aromatic nitrogens is 2. The molecule has 0 unspecified atom stereocenters. The molecule has 1 aliphatic carbocycles. The zero-order valence-electron chi connectivity index (χ0n) is 14.6. The van der Waals surface area contributed by atoms with Gasteiger partial charge >= 0.3 is 0 Å². The minimum Gasteiger partial charge on any atom is -0.392 e. The molecule has 1 aromatic heterocycles. The smallest absolute Gasteiger partial charge is 0.272 e. The van der Waals surface area contributed by atoms with Gasteiger partial charge in [-0.05, 0) is 50.5 Å². The molecule has 2 atom stereocenters. The van der Waals surface area contributed by atoms with E-state index in [-0.39, 0.29) is 28.9 Å². The lowest BCUT2D eigenvalue weighted by atomic mass is 9.58. The van der Waals surface area contributed by atoms with Crippen LogP contribution >= 0.6 is 0 Å². The van der Waals surface area contributed by atoms with Crippen LogP contribution in [0, 0.1) is 18.2 Å². The summed E-state index contributed by atoms with van der Waals surface area (Å²) in [6.45, 7) is 3.04. The monoisotopic (exact) mass is 359 g/mol. The molecule has 0 radical (unpaired) electrons. The Morgan fingerprint density at radius 3 is 2.85 bits per heavy atom. The van der Waals surface area contributed by atoms with Gasteiger partial charge in [0.1, 0.15) is 5.82 Å². The van der Waals surface area contributed by atoms with Gasteiger partial charge in [0.05, 0.1) is 11.8 Å². The third-order valence-electron chi connectivity index (χ3n) is 5.72. The van der Waals surface area contributed by atoms with Crippen LogP contribution in [0.1, 0.15) is 35.4 Å². The Morgan fingerprint density at radius 2 is 2.15 bits per heavy atom. The number of benzene rings is 1. The molecule has 2 heterocycles. The van der Waals surface area contributed by atoms with Gasteiger partial charge in [0.25, 0.3) is 5.91 Å². The third kappa shape index (κ3) is 2.81. The number of ether oxygens (including phenoxy) is 1. The molecular weight excluding hydrogens is 337 g/mol. The highest BCUT2D eigenvalue weighted by Crippen LogP contribution is 2.49. The molecule has 1 aromatic carbocycles. The number of amides is 1. The average Bonchev–Trinajstić information content (AvgIpc) is 3.04. The molecular formula is C19H22FN3O3. The number of hydrogen-bond donors (Lipinski definition) is 2. The summed E-state index contributed by atoms with van der Waals surface area (Å²) in [4.78, 5) is 12.7. The molecule has 1 aliphatic heterocycles. The first-order valence-electron chi connectivity index (χ1n) is 8.89. The van der Waals surface area contributed by atoms with E-state index in [1.165, 1.54) is 12.1 Å². The molecule has 2 aliphatic rings. The lowest BCUT2D eigenvalue weighted by Gasteiger charge is -2.55. The molecule has 138 valence electrons. The van der Waals surface area contributed by atoms with Crippen LogP contribution < -0.4 is 5.32 Å². The van der Waals surface area contributed by atoms with Crippen LogP contribution in [0.15, 0.2) is 30.3 Å². The van der Waals surface area contributed by atoms with Crippen molar-refractivity contribution < 1.29 is 19.0 Å². The fraction of sp³-hybridized carbons (Fsp3) is 0.474. The first-order valence-corrected chi connectivity index (χ1v) is 8.89. The van der Waals surface area contributed by atoms with Gasteiger partial charge in [0, 0.05) is 30.4 Å². The van der Waals surface area contributed by atoms with Crippen LogP contribution in [0.2, 0.25) is 0 Å². The highest BCUT2D eigenvalue weighted by Gasteiger charge is 2.55. The van der Waals surface area contributed by atoms with Gasteiger partial charge in [-0.3, -0.25) is 4.79 Å². The molecule has 2 N–H and O–H groups in total. The van der Waals surface area contributed by atoms with Crippen LogP contribution in [-0.2, 0) is 4.74 Å². The lowest BCUT2D eigenvalue weighted by molar-refractivity contribution is -0.145. The number of nitrogens with one attached hydrogen (secondary N) is 1. The largest absolute Gasteiger partial charge is 0.392 e. The number of rotatable bonds is 3. The minimum atomic E-state index is -0.400. The minimum absolute atomic E-state index is 0.0754. The number of carbonyl (C=O) groups excluding carboxylic acids is 1. The van der Waals surface area contributed by atoms with Crippen molar-refractivity contribution in [3.63, 3.8) is 0 Å². The van der Waals surface area contributed by atoms with E-state index >= 15 is 0 Å². The summed E-state index contributed by atoms with van der Waals surface area (Å²) >= 11 is 0. The maximum absolute atomic E-state index is 13.5. The van der Waals surface area contributed by atoms with Crippen molar-refractivity contribution in [3.8, 4) is 5.69 Å². The maximum atomic E-state index is 13.5. The van der Waals surface area contributed by atoms with Crippen LogP contribution in [-0.4, -0.2) is 46.2 Å². The molecule has 1 amide bonds. The van der Waals surface area contributed by atoms with Crippen LogP contribution in [0.4, 0.5) is 4.39 Å². The Hall–Kier alpha value is -2.25. The van der Waals surface area contributed by atoms with Gasteiger partial charge in [0.2, 0.25) is 0 Å². The molecule has 1 spiro atoms. The number of nitrogens with zero attached hydrogens (tertiary/aromatic N) is 2. The summed E-state index contributed by atoms with van der Waals surface area (Å²) in [6.07, 6.45) is 1.64. The van der Waals surface area contributed by atoms with Crippen molar-refractivity contribution in [2.45, 2.75) is 38.3 Å². The van der Waals surface area contributed by atoms with Gasteiger partial charge < -0.3 is 15.2 Å². The molecule has 2 aromatic rings. The normalized spacial score (nSPS) is 24.3. The van der Waals surface area contributed by atoms with Crippen molar-refractivity contribution in [1.29, 1.82) is 0 Å². The molecule has 6 nitrogen and oxygen atoms in total. The zero-order valence-corrected chi connectivity index (χ0v) is 14.6. The summed E-state index contributed by atoms with van der Waals surface area (Å²) in [7, 11) is 0. The Morgan fingerprint density at radius 1 is 1.38 bits per heavy atom. The van der Waals surface area contributed by atoms with Crippen molar-refractivity contribution in [3.05, 3.63) is 47.5 Å². The molecule has 1 saturated carbocycles. The maximum Gasteiger partial charge on any atom is 0.272 e. The van der Waals surface area contributed by atoms with Crippen molar-refractivity contribution in [1.82, 2.24) is 15.1 Å². The molecule has 26 heavy (non-hydrogen) atoms. The molecule has 4 rings (SSSR count). The summed E-state index contributed by atoms with van der Waals surface area (Å²) in [5, 5.41) is 17.6. The molecule has 7 heteroatoms. The van der Waals surface area contributed by atoms with Crippen molar-refractivity contribution >= 4 is 5.91 Å². The Kier molecular flexibility index (Phi) is 4.28. The fourth-order valence-corrected chi connectivity index (χ4v) is 4.09. The Balaban J connectivity index is 1.52. The topological polar surface area (TPSA) is 76.4 Å². The SMILES string of the molecule is Cc1cc(C(=O)N[C@@H]2C[C@@H](O)C23CCOCC3)nn1-c1cccc(F)c1. The summed E-state index contributed by atoms with van der Waals surface area (Å²) in [6, 6.07) is 7.70. The molecule has 1 saturated heterocycles. The first kappa shape index (κ1) is 17.2. The Bertz CT molecular complexity index is 829. The van der Waals surface area contributed by atoms with Gasteiger partial charge in [-0.1, -0.05) is 6.07 Å². The van der Waals surface area contributed by atoms with Crippen LogP contribution in [0.5, 0.6) is 0 Å². The third-order valence-corrected chi connectivity index (χ3v) is 5.72. The van der Waals surface area contributed by atoms with Gasteiger partial charge in [-0.25, -0.2) is 9.07 Å². The number of aliphatic hydroxyl groups excluding tert-OH is 1.